The van der Waals surface area contributed by atoms with Crippen molar-refractivity contribution in [3.8, 4) is 0 Å². The lowest BCUT2D eigenvalue weighted by Gasteiger charge is -2.34. The molecule has 2 amide bonds. The molecule has 1 saturated heterocycles. The number of piperazine rings is 1. The molecule has 0 radical (unpaired) electrons. The summed E-state index contributed by atoms with van der Waals surface area (Å²) in [6.45, 7) is 7.24. The van der Waals surface area contributed by atoms with Crippen molar-refractivity contribution in [2.45, 2.75) is 6.92 Å². The molecule has 1 fully saturated rings. The molecule has 0 spiro atoms. The number of carbonyl (C=O) groups excluding carboxylic acids is 1. The molecule has 2 N–H and O–H groups in total. The average Bonchev–Trinajstić information content (AvgIpc) is 2.64. The van der Waals surface area contributed by atoms with Gasteiger partial charge in [0.2, 0.25) is 0 Å². The first kappa shape index (κ1) is 17.2. The van der Waals surface area contributed by atoms with Gasteiger partial charge in [-0.3, -0.25) is 0 Å². The van der Waals surface area contributed by atoms with Gasteiger partial charge in [-0.05, 0) is 42.9 Å². The molecule has 1 aliphatic heterocycles. The fraction of sp³-hybridized carbons (Fsp3) is 0.333. The van der Waals surface area contributed by atoms with Crippen molar-refractivity contribution in [2.24, 2.45) is 0 Å². The quantitative estimate of drug-likeness (QED) is 0.896. The largest absolute Gasteiger partial charge is 0.354 e. The average molecular weight is 343 g/mol. The molecule has 1 aliphatic rings. The highest BCUT2D eigenvalue weighted by molar-refractivity contribution is 5.99. The number of nitrogens with zero attached hydrogens (tertiary/aromatic N) is 3. The van der Waals surface area contributed by atoms with Crippen molar-refractivity contribution >= 4 is 23.2 Å². The highest BCUT2D eigenvalue weighted by Crippen LogP contribution is 2.16. The molecule has 1 aromatic carbocycles. The Morgan fingerprint density at radius 3 is 2.28 bits per heavy atom. The van der Waals surface area contributed by atoms with Crippen LogP contribution in [0.25, 0.3) is 0 Å². The molecule has 3 rings (SSSR count). The van der Waals surface area contributed by atoms with Crippen molar-refractivity contribution in [3.05, 3.63) is 48.4 Å². The highest BCUT2D eigenvalue weighted by atomic mass is 19.1. The van der Waals surface area contributed by atoms with Gasteiger partial charge in [0.15, 0.2) is 0 Å². The molecule has 25 heavy (non-hydrogen) atoms. The summed E-state index contributed by atoms with van der Waals surface area (Å²) < 4.78 is 12.9. The van der Waals surface area contributed by atoms with E-state index in [0.29, 0.717) is 11.4 Å². The maximum absolute atomic E-state index is 12.9. The minimum absolute atomic E-state index is 0.342. The first-order chi connectivity index (χ1) is 12.1. The second kappa shape index (κ2) is 7.94. The third-order valence-electron chi connectivity index (χ3n) is 4.25. The number of carbonyl (C=O) groups is 1. The molecule has 2 aromatic rings. The summed E-state index contributed by atoms with van der Waals surface area (Å²) in [4.78, 5) is 21.1. The maximum atomic E-state index is 12.9. The van der Waals surface area contributed by atoms with Crippen molar-refractivity contribution in [3.63, 3.8) is 0 Å². The predicted octanol–water partition coefficient (Wildman–Crippen LogP) is 3.01. The summed E-state index contributed by atoms with van der Waals surface area (Å²) >= 11 is 0. The summed E-state index contributed by atoms with van der Waals surface area (Å²) in [5.41, 5.74) is 1.13. The Morgan fingerprint density at radius 2 is 1.68 bits per heavy atom. The molecule has 7 heteroatoms. The van der Waals surface area contributed by atoms with Crippen LogP contribution >= 0.6 is 0 Å². The molecule has 0 saturated carbocycles. The van der Waals surface area contributed by atoms with E-state index in [9.17, 15) is 9.18 Å². The number of hydrogen-bond acceptors (Lipinski definition) is 4. The Labute approximate surface area is 146 Å². The summed E-state index contributed by atoms with van der Waals surface area (Å²) in [5, 5.41) is 5.36. The number of halogens is 1. The van der Waals surface area contributed by atoms with Crippen LogP contribution in [-0.2, 0) is 0 Å². The molecule has 6 nitrogen and oxygen atoms in total. The Morgan fingerprint density at radius 1 is 1.04 bits per heavy atom. The van der Waals surface area contributed by atoms with E-state index < -0.39 is 6.03 Å². The zero-order valence-electron chi connectivity index (χ0n) is 14.2. The lowest BCUT2D eigenvalue weighted by molar-refractivity contribution is 0.262. The topological polar surface area (TPSA) is 60.5 Å². The van der Waals surface area contributed by atoms with Gasteiger partial charge in [-0.15, -0.1) is 0 Å². The molecule has 0 bridgehead atoms. The van der Waals surface area contributed by atoms with Crippen LogP contribution < -0.4 is 15.5 Å². The fourth-order valence-electron chi connectivity index (χ4n) is 2.77. The molecular weight excluding hydrogens is 321 g/mol. The van der Waals surface area contributed by atoms with E-state index in [1.807, 2.05) is 12.1 Å². The molecular formula is C18H22FN5O. The molecule has 0 atom stereocenters. The number of nitrogens with one attached hydrogen (secondary N) is 2. The van der Waals surface area contributed by atoms with Crippen molar-refractivity contribution in [1.82, 2.24) is 9.88 Å². The number of aromatic nitrogens is 1. The van der Waals surface area contributed by atoms with Gasteiger partial charge in [0, 0.05) is 31.9 Å². The normalized spacial score (nSPS) is 15.0. The zero-order chi connectivity index (χ0) is 17.6. The van der Waals surface area contributed by atoms with Gasteiger partial charge in [-0.2, -0.15) is 0 Å². The van der Waals surface area contributed by atoms with E-state index in [0.717, 1.165) is 38.5 Å². The number of rotatable bonds is 4. The minimum Gasteiger partial charge on any atom is -0.354 e. The summed E-state index contributed by atoms with van der Waals surface area (Å²) in [6, 6.07) is 8.96. The molecule has 2 heterocycles. The molecule has 132 valence electrons. The number of urea groups is 1. The van der Waals surface area contributed by atoms with Crippen LogP contribution in [0.1, 0.15) is 6.92 Å². The van der Waals surface area contributed by atoms with E-state index in [2.05, 4.69) is 32.3 Å². The molecule has 0 aliphatic carbocycles. The Hall–Kier alpha value is -2.67. The van der Waals surface area contributed by atoms with Crippen molar-refractivity contribution in [1.29, 1.82) is 0 Å². The number of benzene rings is 1. The van der Waals surface area contributed by atoms with Crippen LogP contribution in [0.4, 0.5) is 26.4 Å². The lowest BCUT2D eigenvalue weighted by Crippen LogP contribution is -2.46. The predicted molar refractivity (Wildman–Crippen MR) is 97.6 cm³/mol. The molecule has 0 unspecified atom stereocenters. The van der Waals surface area contributed by atoms with Gasteiger partial charge in [0.05, 0.1) is 11.9 Å². The first-order valence-corrected chi connectivity index (χ1v) is 8.41. The minimum atomic E-state index is -0.391. The number of likely N-dealkylation sites (N-methyl/N-ethyl adjacent to an activating group) is 1. The highest BCUT2D eigenvalue weighted by Gasteiger charge is 2.16. The third-order valence-corrected chi connectivity index (χ3v) is 4.25. The maximum Gasteiger partial charge on any atom is 0.323 e. The van der Waals surface area contributed by atoms with E-state index in [4.69, 9.17) is 0 Å². The van der Waals surface area contributed by atoms with E-state index >= 15 is 0 Å². The van der Waals surface area contributed by atoms with Gasteiger partial charge in [0.25, 0.3) is 0 Å². The van der Waals surface area contributed by atoms with Crippen LogP contribution in [0.5, 0.6) is 0 Å². The van der Waals surface area contributed by atoms with E-state index in [1.54, 1.807) is 6.20 Å². The van der Waals surface area contributed by atoms with E-state index in [-0.39, 0.29) is 5.82 Å². The fourth-order valence-corrected chi connectivity index (χ4v) is 2.77. The zero-order valence-corrected chi connectivity index (χ0v) is 14.2. The van der Waals surface area contributed by atoms with Gasteiger partial charge >= 0.3 is 6.03 Å². The number of pyridine rings is 1. The lowest BCUT2D eigenvalue weighted by atomic mass is 10.3. The Balaban J connectivity index is 1.53. The molecule has 1 aromatic heterocycles. The summed E-state index contributed by atoms with van der Waals surface area (Å²) in [5.74, 6) is 0.575. The second-order valence-corrected chi connectivity index (χ2v) is 5.91. The standard InChI is InChI=1S/C18H22FN5O/c1-2-23-9-11-24(12-10-23)17-8-7-16(13-20-17)22-18(25)21-15-5-3-14(19)4-6-15/h3-8,13H,2,9-12H2,1H3,(H2,21,22,25). The van der Waals surface area contributed by atoms with Gasteiger partial charge in [-0.25, -0.2) is 14.2 Å². The number of anilines is 3. The van der Waals surface area contributed by atoms with Crippen LogP contribution in [0.3, 0.4) is 0 Å². The Bertz CT molecular complexity index is 696. The second-order valence-electron chi connectivity index (χ2n) is 5.91. The summed E-state index contributed by atoms with van der Waals surface area (Å²) in [6.07, 6.45) is 1.64. The van der Waals surface area contributed by atoms with Crippen LogP contribution in [-0.4, -0.2) is 48.6 Å². The van der Waals surface area contributed by atoms with Gasteiger partial charge < -0.3 is 20.4 Å². The van der Waals surface area contributed by atoms with Crippen LogP contribution in [0.2, 0.25) is 0 Å². The first-order valence-electron chi connectivity index (χ1n) is 8.41. The number of hydrogen-bond donors (Lipinski definition) is 2. The van der Waals surface area contributed by atoms with E-state index in [1.165, 1.54) is 24.3 Å². The van der Waals surface area contributed by atoms with Gasteiger partial charge in [-0.1, -0.05) is 6.92 Å². The monoisotopic (exact) mass is 343 g/mol. The summed E-state index contributed by atoms with van der Waals surface area (Å²) in [7, 11) is 0. The van der Waals surface area contributed by atoms with Crippen molar-refractivity contribution in [2.75, 3.05) is 48.3 Å². The SMILES string of the molecule is CCN1CCN(c2ccc(NC(=O)Nc3ccc(F)cc3)cn2)CC1. The van der Waals surface area contributed by atoms with Crippen LogP contribution in [0, 0.1) is 5.82 Å². The smallest absolute Gasteiger partial charge is 0.323 e. The van der Waals surface area contributed by atoms with Crippen LogP contribution in [0.15, 0.2) is 42.6 Å². The number of amides is 2. The Kier molecular flexibility index (Phi) is 5.45. The third kappa shape index (κ3) is 4.67. The van der Waals surface area contributed by atoms with Gasteiger partial charge in [0.1, 0.15) is 11.6 Å². The van der Waals surface area contributed by atoms with Crippen molar-refractivity contribution < 1.29 is 9.18 Å².